The highest BCUT2D eigenvalue weighted by atomic mass is 16.5. The van der Waals surface area contributed by atoms with Gasteiger partial charge in [-0.1, -0.05) is 19.0 Å². The number of aliphatic hydroxyl groups is 1. The van der Waals surface area contributed by atoms with E-state index in [0.29, 0.717) is 41.5 Å². The number of ether oxygens (including phenoxy) is 1. The summed E-state index contributed by atoms with van der Waals surface area (Å²) in [5.74, 6) is 1.93. The number of fused-ring (bicyclic) bond motifs is 3. The van der Waals surface area contributed by atoms with Crippen LogP contribution in [-0.4, -0.2) is 54.9 Å². The topological polar surface area (TPSA) is 142 Å². The van der Waals surface area contributed by atoms with Crippen molar-refractivity contribution in [3.63, 3.8) is 0 Å². The van der Waals surface area contributed by atoms with Crippen molar-refractivity contribution in [2.24, 2.45) is 0 Å². The zero-order valence-electron chi connectivity index (χ0n) is 23.8. The third-order valence-electron chi connectivity index (χ3n) is 7.82. The van der Waals surface area contributed by atoms with Crippen LogP contribution in [0.5, 0.6) is 5.75 Å². The highest BCUT2D eigenvalue weighted by Gasteiger charge is 2.39. The van der Waals surface area contributed by atoms with E-state index in [0.717, 1.165) is 50.1 Å². The van der Waals surface area contributed by atoms with Crippen LogP contribution in [0.25, 0.3) is 44.3 Å². The van der Waals surface area contributed by atoms with E-state index in [9.17, 15) is 9.90 Å². The minimum Gasteiger partial charge on any atom is -0.496 e. The summed E-state index contributed by atoms with van der Waals surface area (Å²) < 4.78 is 11.3. The summed E-state index contributed by atoms with van der Waals surface area (Å²) in [6.45, 7) is 11.6. The lowest BCUT2D eigenvalue weighted by molar-refractivity contribution is -0.0367. The molecular weight excluding hydrogens is 508 g/mol. The molecule has 1 aliphatic rings. The van der Waals surface area contributed by atoms with Gasteiger partial charge in [-0.25, -0.2) is 9.97 Å². The first-order valence-corrected chi connectivity index (χ1v) is 13.5. The molecule has 10 heteroatoms. The van der Waals surface area contributed by atoms with E-state index in [1.807, 2.05) is 39.0 Å². The molecule has 1 aromatic carbocycles. The minimum absolute atomic E-state index is 0.0438. The zero-order chi connectivity index (χ0) is 28.5. The number of aromatic nitrogens is 5. The lowest BCUT2D eigenvalue weighted by atomic mass is 9.77. The molecule has 0 unspecified atom stereocenters. The number of hydrogen-bond donors (Lipinski definition) is 4. The molecule has 1 saturated carbocycles. The van der Waals surface area contributed by atoms with Gasteiger partial charge in [0.1, 0.15) is 28.7 Å². The predicted molar refractivity (Wildman–Crippen MR) is 153 cm³/mol. The second kappa shape index (κ2) is 9.19. The summed E-state index contributed by atoms with van der Waals surface area (Å²) in [6, 6.07) is 5.86. The number of rotatable bonds is 6. The van der Waals surface area contributed by atoms with Gasteiger partial charge in [-0.05, 0) is 64.7 Å². The third-order valence-corrected chi connectivity index (χ3v) is 7.82. The Morgan fingerprint density at radius 3 is 2.52 bits per heavy atom. The van der Waals surface area contributed by atoms with E-state index in [2.05, 4.69) is 34.3 Å². The number of nitrogens with one attached hydrogen (secondary N) is 3. The van der Waals surface area contributed by atoms with E-state index in [1.165, 1.54) is 0 Å². The predicted octanol–water partition coefficient (Wildman–Crippen LogP) is 5.46. The summed E-state index contributed by atoms with van der Waals surface area (Å²) in [7, 11) is 1.65. The SMILES string of the molecule is COc1cc2c(cc1-c1c(C)noc1C)[nH]c1nc(C)nc(-c3cc(C(=O)N[C@H]4C[C@@](C)(O)C4)[nH]c3C(C)C)c12. The van der Waals surface area contributed by atoms with Gasteiger partial charge in [0.05, 0.1) is 35.0 Å². The Morgan fingerprint density at radius 2 is 1.90 bits per heavy atom. The van der Waals surface area contributed by atoms with Gasteiger partial charge in [0, 0.05) is 33.8 Å². The van der Waals surface area contributed by atoms with Crippen LogP contribution in [0.3, 0.4) is 0 Å². The maximum Gasteiger partial charge on any atom is 0.267 e. The van der Waals surface area contributed by atoms with Crippen LogP contribution >= 0.6 is 0 Å². The molecule has 4 aromatic heterocycles. The zero-order valence-corrected chi connectivity index (χ0v) is 23.8. The van der Waals surface area contributed by atoms with Crippen LogP contribution in [-0.2, 0) is 0 Å². The molecular formula is C30H34N6O4. The molecule has 208 valence electrons. The Hall–Kier alpha value is -4.18. The first kappa shape index (κ1) is 26.1. The normalized spacial score (nSPS) is 19.0. The fourth-order valence-corrected chi connectivity index (χ4v) is 5.97. The Balaban J connectivity index is 1.51. The molecule has 0 bridgehead atoms. The number of carbonyl (C=O) groups is 1. The van der Waals surface area contributed by atoms with E-state index in [4.69, 9.17) is 19.2 Å². The van der Waals surface area contributed by atoms with Crippen molar-refractivity contribution in [3.8, 4) is 28.1 Å². The lowest BCUT2D eigenvalue weighted by Gasteiger charge is -2.41. The summed E-state index contributed by atoms with van der Waals surface area (Å²) >= 11 is 0. The summed E-state index contributed by atoms with van der Waals surface area (Å²) in [5, 5.41) is 19.0. The molecule has 1 amide bonds. The van der Waals surface area contributed by atoms with Crippen molar-refractivity contribution < 1.29 is 19.2 Å². The molecule has 0 radical (unpaired) electrons. The quantitative estimate of drug-likeness (QED) is 0.223. The van der Waals surface area contributed by atoms with Crippen LogP contribution in [0.15, 0.2) is 22.7 Å². The summed E-state index contributed by atoms with van der Waals surface area (Å²) in [5.41, 5.74) is 6.40. The van der Waals surface area contributed by atoms with Gasteiger partial charge >= 0.3 is 0 Å². The molecule has 1 aliphatic carbocycles. The number of benzene rings is 1. The third kappa shape index (κ3) is 4.23. The number of hydrogen-bond acceptors (Lipinski definition) is 7. The molecule has 40 heavy (non-hydrogen) atoms. The Labute approximate surface area is 231 Å². The average Bonchev–Trinajstić information content (AvgIpc) is 3.56. The number of methoxy groups -OCH3 is 1. The second-order valence-electron chi connectivity index (χ2n) is 11.5. The summed E-state index contributed by atoms with van der Waals surface area (Å²) in [6.07, 6.45) is 1.09. The molecule has 5 aromatic rings. The van der Waals surface area contributed by atoms with Crippen LogP contribution in [0.2, 0.25) is 0 Å². The second-order valence-corrected chi connectivity index (χ2v) is 11.5. The fraction of sp³-hybridized carbons (Fsp3) is 0.400. The van der Waals surface area contributed by atoms with Gasteiger partial charge in [-0.2, -0.15) is 0 Å². The molecule has 1 fully saturated rings. The monoisotopic (exact) mass is 542 g/mol. The maximum absolute atomic E-state index is 13.2. The number of carbonyl (C=O) groups excluding carboxylic acids is 1. The van der Waals surface area contributed by atoms with Gasteiger partial charge in [0.15, 0.2) is 0 Å². The Morgan fingerprint density at radius 1 is 1.15 bits per heavy atom. The van der Waals surface area contributed by atoms with Crippen molar-refractivity contribution in [2.45, 2.75) is 71.9 Å². The number of amides is 1. The highest BCUT2D eigenvalue weighted by molar-refractivity contribution is 6.14. The van der Waals surface area contributed by atoms with Crippen LogP contribution in [0.1, 0.15) is 73.0 Å². The smallest absolute Gasteiger partial charge is 0.267 e. The maximum atomic E-state index is 13.2. The van der Waals surface area contributed by atoms with Gasteiger partial charge in [-0.3, -0.25) is 4.79 Å². The lowest BCUT2D eigenvalue weighted by Crippen LogP contribution is -2.53. The van der Waals surface area contributed by atoms with E-state index >= 15 is 0 Å². The van der Waals surface area contributed by atoms with Crippen molar-refractivity contribution in [2.75, 3.05) is 7.11 Å². The fourth-order valence-electron chi connectivity index (χ4n) is 5.97. The van der Waals surface area contributed by atoms with E-state index < -0.39 is 5.60 Å². The number of H-pyrrole nitrogens is 2. The standard InChI is InChI=1S/C30H34N6O4/c1-13(2)26-20(9-22(34-26)29(37)33-17-11-30(6,38)12-17)27-25-18-10-23(39-7)19(24-14(3)36-40-15(24)4)8-21(18)35-28(25)32-16(5)31-27/h8-10,13,17,34,38H,11-12H2,1-7H3,(H,33,37)(H,31,32,35)/t17-,30+. The first-order chi connectivity index (χ1) is 19.0. The Kier molecular flexibility index (Phi) is 5.99. The molecule has 10 nitrogen and oxygen atoms in total. The van der Waals surface area contributed by atoms with E-state index in [1.54, 1.807) is 14.0 Å². The van der Waals surface area contributed by atoms with Crippen molar-refractivity contribution >= 4 is 27.8 Å². The number of aromatic amines is 2. The largest absolute Gasteiger partial charge is 0.496 e. The molecule has 4 N–H and O–H groups in total. The van der Waals surface area contributed by atoms with Crippen molar-refractivity contribution in [1.82, 2.24) is 30.4 Å². The van der Waals surface area contributed by atoms with Crippen LogP contribution in [0, 0.1) is 20.8 Å². The van der Waals surface area contributed by atoms with Gasteiger partial charge < -0.3 is 29.7 Å². The van der Waals surface area contributed by atoms with Gasteiger partial charge in [0.25, 0.3) is 5.91 Å². The van der Waals surface area contributed by atoms with Crippen LogP contribution in [0.4, 0.5) is 0 Å². The van der Waals surface area contributed by atoms with Crippen molar-refractivity contribution in [3.05, 3.63) is 46.9 Å². The van der Waals surface area contributed by atoms with Gasteiger partial charge in [0.2, 0.25) is 0 Å². The molecule has 0 aliphatic heterocycles. The first-order valence-electron chi connectivity index (χ1n) is 13.5. The molecule has 0 saturated heterocycles. The van der Waals surface area contributed by atoms with Crippen LogP contribution < -0.4 is 10.1 Å². The average molecular weight is 543 g/mol. The Bertz CT molecular complexity index is 1760. The molecule has 0 atom stereocenters. The molecule has 6 rings (SSSR count). The summed E-state index contributed by atoms with van der Waals surface area (Å²) in [4.78, 5) is 29.6. The number of aryl methyl sites for hydroxylation is 3. The van der Waals surface area contributed by atoms with E-state index in [-0.39, 0.29) is 17.9 Å². The highest BCUT2D eigenvalue weighted by Crippen LogP contribution is 2.42. The minimum atomic E-state index is -0.714. The molecule has 0 spiro atoms. The molecule has 4 heterocycles. The van der Waals surface area contributed by atoms with Gasteiger partial charge in [-0.15, -0.1) is 0 Å². The number of nitrogens with zero attached hydrogens (tertiary/aromatic N) is 3. The van der Waals surface area contributed by atoms with Crippen molar-refractivity contribution in [1.29, 1.82) is 0 Å².